The Morgan fingerprint density at radius 3 is 2.41 bits per heavy atom. The van der Waals surface area contributed by atoms with Gasteiger partial charge in [-0.15, -0.1) is 0 Å². The molecule has 0 aromatic heterocycles. The van der Waals surface area contributed by atoms with E-state index in [0.717, 1.165) is 18.4 Å². The average molecular weight is 396 g/mol. The first-order valence-corrected chi connectivity index (χ1v) is 9.52. The number of hydrogen-bond acceptors (Lipinski definition) is 5. The number of anilines is 3. The van der Waals surface area contributed by atoms with Crippen LogP contribution in [0.2, 0.25) is 0 Å². The summed E-state index contributed by atoms with van der Waals surface area (Å²) in [4.78, 5) is 35.5. The van der Waals surface area contributed by atoms with Crippen LogP contribution in [0.25, 0.3) is 0 Å². The van der Waals surface area contributed by atoms with E-state index in [9.17, 15) is 19.7 Å². The second-order valence-electron chi connectivity index (χ2n) is 7.54. The van der Waals surface area contributed by atoms with Gasteiger partial charge in [0.2, 0.25) is 5.91 Å². The quantitative estimate of drug-likeness (QED) is 0.476. The molecule has 2 aromatic rings. The SMILES string of the molecule is Cc1ccc(NC(=O)C(C)C)cc1NC(=O)c1ccc(NC2CC2)c([N+](=O)[O-])c1. The minimum atomic E-state index is -0.491. The number of hydrogen-bond donors (Lipinski definition) is 3. The van der Waals surface area contributed by atoms with Gasteiger partial charge in [0.1, 0.15) is 5.69 Å². The smallest absolute Gasteiger partial charge is 0.293 e. The Hall–Kier alpha value is -3.42. The van der Waals surface area contributed by atoms with Gasteiger partial charge < -0.3 is 16.0 Å². The Bertz CT molecular complexity index is 967. The molecule has 2 aromatic carbocycles. The summed E-state index contributed by atoms with van der Waals surface area (Å²) in [6, 6.07) is 9.89. The molecular formula is C21H24N4O4. The van der Waals surface area contributed by atoms with E-state index in [1.165, 1.54) is 6.07 Å². The molecule has 0 bridgehead atoms. The lowest BCUT2D eigenvalue weighted by Gasteiger charge is -2.13. The maximum atomic E-state index is 12.7. The zero-order chi connectivity index (χ0) is 21.1. The van der Waals surface area contributed by atoms with E-state index < -0.39 is 10.8 Å². The highest BCUT2D eigenvalue weighted by atomic mass is 16.6. The number of amides is 2. The number of nitro groups is 1. The summed E-state index contributed by atoms with van der Waals surface area (Å²) in [7, 11) is 0. The van der Waals surface area contributed by atoms with E-state index in [1.807, 2.05) is 6.92 Å². The molecule has 3 N–H and O–H groups in total. The molecule has 0 aliphatic heterocycles. The Morgan fingerprint density at radius 1 is 1.07 bits per heavy atom. The molecule has 0 heterocycles. The van der Waals surface area contributed by atoms with Crippen molar-refractivity contribution in [3.63, 3.8) is 0 Å². The molecule has 29 heavy (non-hydrogen) atoms. The van der Waals surface area contributed by atoms with Gasteiger partial charge in [-0.05, 0) is 49.6 Å². The molecule has 1 saturated carbocycles. The summed E-state index contributed by atoms with van der Waals surface area (Å²) in [6.07, 6.45) is 1.98. The highest BCUT2D eigenvalue weighted by molar-refractivity contribution is 6.06. The molecule has 0 spiro atoms. The number of carbonyl (C=O) groups excluding carboxylic acids is 2. The predicted molar refractivity (Wildman–Crippen MR) is 112 cm³/mol. The Balaban J connectivity index is 1.79. The van der Waals surface area contributed by atoms with Gasteiger partial charge in [0.25, 0.3) is 11.6 Å². The summed E-state index contributed by atoms with van der Waals surface area (Å²) in [5.41, 5.74) is 2.39. The van der Waals surface area contributed by atoms with Gasteiger partial charge in [-0.25, -0.2) is 0 Å². The summed E-state index contributed by atoms with van der Waals surface area (Å²) >= 11 is 0. The second-order valence-corrected chi connectivity index (χ2v) is 7.54. The maximum absolute atomic E-state index is 12.7. The number of aryl methyl sites for hydroxylation is 1. The summed E-state index contributed by atoms with van der Waals surface area (Å²) in [5.74, 6) is -0.750. The van der Waals surface area contributed by atoms with Gasteiger partial charge in [-0.3, -0.25) is 19.7 Å². The fourth-order valence-electron chi connectivity index (χ4n) is 2.71. The zero-order valence-corrected chi connectivity index (χ0v) is 16.6. The van der Waals surface area contributed by atoms with Crippen LogP contribution < -0.4 is 16.0 Å². The summed E-state index contributed by atoms with van der Waals surface area (Å²) in [6.45, 7) is 5.41. The van der Waals surface area contributed by atoms with Crippen molar-refractivity contribution in [2.24, 2.45) is 5.92 Å². The lowest BCUT2D eigenvalue weighted by Crippen LogP contribution is -2.18. The first-order chi connectivity index (χ1) is 13.7. The van der Waals surface area contributed by atoms with Crippen LogP contribution in [0.15, 0.2) is 36.4 Å². The zero-order valence-electron chi connectivity index (χ0n) is 16.6. The number of rotatable bonds is 7. The number of nitro benzene ring substituents is 1. The van der Waals surface area contributed by atoms with Crippen LogP contribution in [0, 0.1) is 23.0 Å². The van der Waals surface area contributed by atoms with Crippen LogP contribution in [0.1, 0.15) is 42.6 Å². The highest BCUT2D eigenvalue weighted by Gasteiger charge is 2.25. The van der Waals surface area contributed by atoms with Gasteiger partial charge in [0, 0.05) is 35.0 Å². The van der Waals surface area contributed by atoms with Crippen molar-refractivity contribution < 1.29 is 14.5 Å². The van der Waals surface area contributed by atoms with Gasteiger partial charge >= 0.3 is 0 Å². The van der Waals surface area contributed by atoms with E-state index in [2.05, 4.69) is 16.0 Å². The first-order valence-electron chi connectivity index (χ1n) is 9.52. The fraction of sp³-hybridized carbons (Fsp3) is 0.333. The molecule has 3 rings (SSSR count). The highest BCUT2D eigenvalue weighted by Crippen LogP contribution is 2.32. The Morgan fingerprint density at radius 2 is 1.79 bits per heavy atom. The van der Waals surface area contributed by atoms with Crippen molar-refractivity contribution in [2.45, 2.75) is 39.7 Å². The molecule has 1 fully saturated rings. The molecule has 8 heteroatoms. The lowest BCUT2D eigenvalue weighted by atomic mass is 10.1. The number of benzene rings is 2. The molecular weight excluding hydrogens is 372 g/mol. The third kappa shape index (κ3) is 5.10. The molecule has 0 saturated heterocycles. The lowest BCUT2D eigenvalue weighted by molar-refractivity contribution is -0.384. The van der Waals surface area contributed by atoms with Crippen molar-refractivity contribution in [2.75, 3.05) is 16.0 Å². The largest absolute Gasteiger partial charge is 0.377 e. The molecule has 2 amide bonds. The van der Waals surface area contributed by atoms with Crippen LogP contribution in [0.3, 0.4) is 0 Å². The molecule has 1 aliphatic rings. The van der Waals surface area contributed by atoms with Crippen LogP contribution in [0.5, 0.6) is 0 Å². The van der Waals surface area contributed by atoms with E-state index >= 15 is 0 Å². The van der Waals surface area contributed by atoms with Crippen LogP contribution in [-0.2, 0) is 4.79 Å². The van der Waals surface area contributed by atoms with Crippen LogP contribution in [-0.4, -0.2) is 22.8 Å². The van der Waals surface area contributed by atoms with E-state index in [4.69, 9.17) is 0 Å². The molecule has 152 valence electrons. The van der Waals surface area contributed by atoms with Crippen molar-refractivity contribution in [1.82, 2.24) is 0 Å². The third-order valence-electron chi connectivity index (χ3n) is 4.67. The third-order valence-corrected chi connectivity index (χ3v) is 4.67. The van der Waals surface area contributed by atoms with Crippen molar-refractivity contribution in [3.05, 3.63) is 57.6 Å². The molecule has 8 nitrogen and oxygen atoms in total. The van der Waals surface area contributed by atoms with E-state index in [-0.39, 0.29) is 29.1 Å². The normalized spacial score (nSPS) is 13.1. The number of nitrogens with zero attached hydrogens (tertiary/aromatic N) is 1. The van der Waals surface area contributed by atoms with Crippen LogP contribution >= 0.6 is 0 Å². The summed E-state index contributed by atoms with van der Waals surface area (Å²) in [5, 5.41) is 20.1. The summed E-state index contributed by atoms with van der Waals surface area (Å²) < 4.78 is 0. The second kappa shape index (κ2) is 8.30. The van der Waals surface area contributed by atoms with Gasteiger partial charge in [0.15, 0.2) is 0 Å². The molecule has 1 aliphatic carbocycles. The Kier molecular flexibility index (Phi) is 5.81. The van der Waals surface area contributed by atoms with Gasteiger partial charge in [-0.2, -0.15) is 0 Å². The standard InChI is InChI=1S/C21H24N4O4/c1-12(2)20(26)23-16-6-4-13(3)18(11-16)24-21(27)14-5-9-17(22-15-7-8-15)19(10-14)25(28)29/h4-6,9-12,15,22H,7-8H2,1-3H3,(H,23,26)(H,24,27). The number of nitrogens with one attached hydrogen (secondary N) is 3. The molecule has 0 radical (unpaired) electrons. The average Bonchev–Trinajstić information content (AvgIpc) is 3.48. The van der Waals surface area contributed by atoms with Crippen LogP contribution in [0.4, 0.5) is 22.7 Å². The molecule has 0 unspecified atom stereocenters. The van der Waals surface area contributed by atoms with Gasteiger partial charge in [0.05, 0.1) is 4.92 Å². The number of carbonyl (C=O) groups is 2. The van der Waals surface area contributed by atoms with Gasteiger partial charge in [-0.1, -0.05) is 19.9 Å². The predicted octanol–water partition coefficient (Wildman–Crippen LogP) is 4.32. The topological polar surface area (TPSA) is 113 Å². The van der Waals surface area contributed by atoms with E-state index in [1.54, 1.807) is 44.2 Å². The monoisotopic (exact) mass is 396 g/mol. The maximum Gasteiger partial charge on any atom is 0.293 e. The van der Waals surface area contributed by atoms with Crippen molar-refractivity contribution in [1.29, 1.82) is 0 Å². The minimum Gasteiger partial charge on any atom is -0.377 e. The fourth-order valence-corrected chi connectivity index (χ4v) is 2.71. The minimum absolute atomic E-state index is 0.125. The van der Waals surface area contributed by atoms with E-state index in [0.29, 0.717) is 17.1 Å². The first kappa shape index (κ1) is 20.3. The van der Waals surface area contributed by atoms with Crippen molar-refractivity contribution >= 4 is 34.6 Å². The van der Waals surface area contributed by atoms with Crippen molar-refractivity contribution in [3.8, 4) is 0 Å². The molecule has 0 atom stereocenters. The Labute approximate surface area is 168 Å².